The molecule has 0 aliphatic rings. The van der Waals surface area contributed by atoms with Gasteiger partial charge in [-0.1, -0.05) is 13.8 Å². The van der Waals surface area contributed by atoms with Crippen LogP contribution in [0.1, 0.15) is 20.8 Å². The summed E-state index contributed by atoms with van der Waals surface area (Å²) < 4.78 is 4.96. The van der Waals surface area contributed by atoms with Gasteiger partial charge in [0.15, 0.2) is 5.82 Å². The molecule has 1 aromatic heterocycles. The van der Waals surface area contributed by atoms with Crippen molar-refractivity contribution in [1.29, 1.82) is 0 Å². The van der Waals surface area contributed by atoms with E-state index in [1.165, 1.54) is 0 Å². The Morgan fingerprint density at radius 2 is 2.19 bits per heavy atom. The van der Waals surface area contributed by atoms with Gasteiger partial charge in [-0.05, 0) is 12.8 Å². The molecule has 0 saturated carbocycles. The van der Waals surface area contributed by atoms with Gasteiger partial charge in [-0.2, -0.15) is 10.1 Å². The normalized spacial score (nSPS) is 11.8. The first kappa shape index (κ1) is 12.4. The average Bonchev–Trinajstić information content (AvgIpc) is 2.28. The highest BCUT2D eigenvalue weighted by Crippen LogP contribution is 2.12. The summed E-state index contributed by atoms with van der Waals surface area (Å²) in [4.78, 5) is 8.14. The fourth-order valence-electron chi connectivity index (χ4n) is 1.01. The van der Waals surface area contributed by atoms with Crippen molar-refractivity contribution in [2.24, 2.45) is 11.0 Å². The molecule has 0 fully saturated rings. The monoisotopic (exact) mass is 222 g/mol. The van der Waals surface area contributed by atoms with Crippen LogP contribution in [0.5, 0.6) is 6.01 Å². The molecule has 5 heteroatoms. The van der Waals surface area contributed by atoms with Crippen molar-refractivity contribution in [1.82, 2.24) is 9.97 Å². The minimum Gasteiger partial charge on any atom is -0.467 e. The molecule has 0 N–H and O–H groups in total. The van der Waals surface area contributed by atoms with Crippen LogP contribution in [0.4, 0.5) is 5.82 Å². The van der Waals surface area contributed by atoms with Gasteiger partial charge in [0, 0.05) is 25.0 Å². The minimum absolute atomic E-state index is 0.349. The molecule has 0 atom stereocenters. The Bertz CT molecular complexity index is 376. The first-order chi connectivity index (χ1) is 7.54. The van der Waals surface area contributed by atoms with Gasteiger partial charge in [0.25, 0.3) is 0 Å². The summed E-state index contributed by atoms with van der Waals surface area (Å²) in [6, 6.07) is 2.14. The van der Waals surface area contributed by atoms with Crippen LogP contribution in [-0.2, 0) is 0 Å². The Hall–Kier alpha value is -1.65. The van der Waals surface area contributed by atoms with Gasteiger partial charge in [-0.25, -0.2) is 4.98 Å². The maximum atomic E-state index is 4.96. The molecule has 0 bridgehead atoms. The molecule has 0 saturated heterocycles. The topological polar surface area (TPSA) is 50.6 Å². The standard InChI is InChI=1S/C11H18N4O/c1-8(2)9(3)14-15(4)10-6-7-12-11(13-10)16-5/h6-8H,1-5H3/b14-9+. The van der Waals surface area contributed by atoms with Crippen LogP contribution >= 0.6 is 0 Å². The lowest BCUT2D eigenvalue weighted by Gasteiger charge is -2.14. The van der Waals surface area contributed by atoms with E-state index in [4.69, 9.17) is 4.74 Å². The molecule has 1 rings (SSSR count). The van der Waals surface area contributed by atoms with E-state index in [0.717, 1.165) is 5.71 Å². The maximum Gasteiger partial charge on any atom is 0.318 e. The summed E-state index contributed by atoms with van der Waals surface area (Å²) in [6.07, 6.45) is 1.65. The molecule has 0 spiro atoms. The largest absolute Gasteiger partial charge is 0.467 e. The van der Waals surface area contributed by atoms with Crippen LogP contribution in [0, 0.1) is 5.92 Å². The smallest absolute Gasteiger partial charge is 0.318 e. The van der Waals surface area contributed by atoms with Gasteiger partial charge in [-0.15, -0.1) is 0 Å². The van der Waals surface area contributed by atoms with E-state index in [2.05, 4.69) is 28.9 Å². The van der Waals surface area contributed by atoms with E-state index in [1.807, 2.05) is 14.0 Å². The van der Waals surface area contributed by atoms with Crippen LogP contribution in [0.15, 0.2) is 17.4 Å². The Kier molecular flexibility index (Phi) is 4.22. The van der Waals surface area contributed by atoms with Crippen molar-refractivity contribution in [3.8, 4) is 6.01 Å². The molecule has 0 unspecified atom stereocenters. The second kappa shape index (κ2) is 5.44. The second-order valence-electron chi connectivity index (χ2n) is 3.82. The van der Waals surface area contributed by atoms with E-state index in [0.29, 0.717) is 17.7 Å². The zero-order valence-corrected chi connectivity index (χ0v) is 10.4. The predicted molar refractivity (Wildman–Crippen MR) is 64.9 cm³/mol. The van der Waals surface area contributed by atoms with Gasteiger partial charge in [0.1, 0.15) is 0 Å². The van der Waals surface area contributed by atoms with Crippen molar-refractivity contribution < 1.29 is 4.74 Å². The lowest BCUT2D eigenvalue weighted by atomic mass is 10.1. The number of aromatic nitrogens is 2. The summed E-state index contributed by atoms with van der Waals surface area (Å²) in [5, 5.41) is 6.15. The highest BCUT2D eigenvalue weighted by atomic mass is 16.5. The highest BCUT2D eigenvalue weighted by molar-refractivity contribution is 5.84. The molecular formula is C11H18N4O. The quantitative estimate of drug-likeness (QED) is 0.577. The maximum absolute atomic E-state index is 4.96. The zero-order chi connectivity index (χ0) is 12.1. The number of hydrogen-bond donors (Lipinski definition) is 0. The third kappa shape index (κ3) is 3.18. The summed E-state index contributed by atoms with van der Waals surface area (Å²) in [5.41, 5.74) is 1.06. The number of ether oxygens (including phenoxy) is 1. The number of anilines is 1. The minimum atomic E-state index is 0.349. The summed E-state index contributed by atoms with van der Waals surface area (Å²) in [5.74, 6) is 1.14. The number of methoxy groups -OCH3 is 1. The number of hydrazone groups is 1. The van der Waals surface area contributed by atoms with E-state index in [-0.39, 0.29) is 0 Å². The molecule has 0 radical (unpaired) electrons. The Labute approximate surface area is 96.2 Å². The molecule has 5 nitrogen and oxygen atoms in total. The van der Waals surface area contributed by atoms with Crippen molar-refractivity contribution in [2.45, 2.75) is 20.8 Å². The third-order valence-electron chi connectivity index (χ3n) is 2.28. The Morgan fingerprint density at radius 3 is 2.75 bits per heavy atom. The molecule has 1 heterocycles. The Balaban J connectivity index is 2.87. The molecule has 16 heavy (non-hydrogen) atoms. The fourth-order valence-corrected chi connectivity index (χ4v) is 1.01. The first-order valence-electron chi connectivity index (χ1n) is 5.20. The molecule has 1 aromatic rings. The molecule has 0 amide bonds. The van der Waals surface area contributed by atoms with Gasteiger partial charge < -0.3 is 4.74 Å². The van der Waals surface area contributed by atoms with Crippen molar-refractivity contribution in [3.63, 3.8) is 0 Å². The summed E-state index contributed by atoms with van der Waals surface area (Å²) in [6.45, 7) is 6.21. The summed E-state index contributed by atoms with van der Waals surface area (Å²) >= 11 is 0. The summed E-state index contributed by atoms with van der Waals surface area (Å²) in [7, 11) is 3.40. The molecule has 0 aliphatic carbocycles. The van der Waals surface area contributed by atoms with Gasteiger partial charge >= 0.3 is 6.01 Å². The van der Waals surface area contributed by atoms with E-state index in [1.54, 1.807) is 24.4 Å². The third-order valence-corrected chi connectivity index (χ3v) is 2.28. The van der Waals surface area contributed by atoms with Gasteiger partial charge in [0.2, 0.25) is 0 Å². The lowest BCUT2D eigenvalue weighted by Crippen LogP contribution is -2.16. The fraction of sp³-hybridized carbons (Fsp3) is 0.545. The Morgan fingerprint density at radius 1 is 1.50 bits per heavy atom. The van der Waals surface area contributed by atoms with Crippen LogP contribution in [0.25, 0.3) is 0 Å². The molecule has 0 aromatic carbocycles. The SMILES string of the molecule is COc1nccc(N(C)/N=C(\C)C(C)C)n1. The number of nitrogens with zero attached hydrogens (tertiary/aromatic N) is 4. The van der Waals surface area contributed by atoms with Crippen LogP contribution in [-0.4, -0.2) is 29.8 Å². The van der Waals surface area contributed by atoms with E-state index in [9.17, 15) is 0 Å². The van der Waals surface area contributed by atoms with Crippen molar-refractivity contribution in [2.75, 3.05) is 19.2 Å². The second-order valence-corrected chi connectivity index (χ2v) is 3.82. The van der Waals surface area contributed by atoms with Crippen LogP contribution < -0.4 is 9.75 Å². The number of rotatable bonds is 4. The molecular weight excluding hydrogens is 204 g/mol. The van der Waals surface area contributed by atoms with E-state index < -0.39 is 0 Å². The van der Waals surface area contributed by atoms with Crippen LogP contribution in [0.2, 0.25) is 0 Å². The van der Waals surface area contributed by atoms with Gasteiger partial charge in [-0.3, -0.25) is 5.01 Å². The van der Waals surface area contributed by atoms with Crippen molar-refractivity contribution in [3.05, 3.63) is 12.3 Å². The average molecular weight is 222 g/mol. The van der Waals surface area contributed by atoms with E-state index >= 15 is 0 Å². The van der Waals surface area contributed by atoms with Crippen molar-refractivity contribution >= 4 is 11.5 Å². The first-order valence-corrected chi connectivity index (χ1v) is 5.20. The van der Waals surface area contributed by atoms with Crippen LogP contribution in [0.3, 0.4) is 0 Å². The highest BCUT2D eigenvalue weighted by Gasteiger charge is 2.05. The van der Waals surface area contributed by atoms with Gasteiger partial charge in [0.05, 0.1) is 7.11 Å². The molecule has 88 valence electrons. The predicted octanol–water partition coefficient (Wildman–Crippen LogP) is 1.95. The lowest BCUT2D eigenvalue weighted by molar-refractivity contribution is 0.380. The molecule has 0 aliphatic heterocycles. The zero-order valence-electron chi connectivity index (χ0n) is 10.4. The number of hydrogen-bond acceptors (Lipinski definition) is 5.